The van der Waals surface area contributed by atoms with Crippen molar-refractivity contribution in [1.29, 1.82) is 0 Å². The maximum absolute atomic E-state index is 11.8. The van der Waals surface area contributed by atoms with E-state index in [-0.39, 0.29) is 12.5 Å². The number of hydrogen-bond acceptors (Lipinski definition) is 3. The van der Waals surface area contributed by atoms with Gasteiger partial charge in [-0.3, -0.25) is 4.79 Å². The average molecular weight is 270 g/mol. The fraction of sp³-hybridized carbons (Fsp3) is 0.188. The van der Waals surface area contributed by atoms with Crippen molar-refractivity contribution >= 4 is 17.3 Å². The number of benzene rings is 2. The van der Waals surface area contributed by atoms with Gasteiger partial charge in [0.05, 0.1) is 0 Å². The van der Waals surface area contributed by atoms with Crippen LogP contribution in [-0.4, -0.2) is 12.5 Å². The Morgan fingerprint density at radius 1 is 1.15 bits per heavy atom. The molecule has 0 aromatic heterocycles. The highest BCUT2D eigenvalue weighted by atomic mass is 16.5. The average Bonchev–Trinajstić information content (AvgIpc) is 2.42. The molecule has 0 saturated heterocycles. The molecule has 2 aromatic carbocycles. The van der Waals surface area contributed by atoms with Crippen molar-refractivity contribution in [2.45, 2.75) is 13.8 Å². The van der Waals surface area contributed by atoms with Gasteiger partial charge in [-0.05, 0) is 55.3 Å². The number of nitrogen functional groups attached to an aromatic ring is 1. The first-order chi connectivity index (χ1) is 9.54. The monoisotopic (exact) mass is 270 g/mol. The number of nitrogens with two attached hydrogens (primary N) is 1. The molecule has 3 N–H and O–H groups in total. The van der Waals surface area contributed by atoms with E-state index in [4.69, 9.17) is 10.5 Å². The first-order valence-corrected chi connectivity index (χ1v) is 6.40. The Hall–Kier alpha value is -2.49. The van der Waals surface area contributed by atoms with Crippen LogP contribution in [-0.2, 0) is 4.79 Å². The number of ether oxygens (including phenoxy) is 1. The molecule has 1 amide bonds. The largest absolute Gasteiger partial charge is 0.483 e. The molecule has 4 nitrogen and oxygen atoms in total. The van der Waals surface area contributed by atoms with Gasteiger partial charge < -0.3 is 15.8 Å². The van der Waals surface area contributed by atoms with E-state index in [1.54, 1.807) is 24.3 Å². The van der Waals surface area contributed by atoms with Crippen LogP contribution in [0, 0.1) is 13.8 Å². The lowest BCUT2D eigenvalue weighted by Gasteiger charge is -2.10. The Morgan fingerprint density at radius 3 is 2.55 bits per heavy atom. The van der Waals surface area contributed by atoms with Crippen LogP contribution in [0.25, 0.3) is 0 Å². The lowest BCUT2D eigenvalue weighted by molar-refractivity contribution is -0.118. The summed E-state index contributed by atoms with van der Waals surface area (Å²) in [5.41, 5.74) is 9.06. The molecule has 4 heteroatoms. The van der Waals surface area contributed by atoms with Crippen LogP contribution < -0.4 is 15.8 Å². The van der Waals surface area contributed by atoms with Gasteiger partial charge in [-0.15, -0.1) is 0 Å². The van der Waals surface area contributed by atoms with E-state index >= 15 is 0 Å². The summed E-state index contributed by atoms with van der Waals surface area (Å²) in [4.78, 5) is 11.8. The summed E-state index contributed by atoms with van der Waals surface area (Å²) < 4.78 is 5.54. The van der Waals surface area contributed by atoms with E-state index in [0.29, 0.717) is 11.4 Å². The number of amides is 1. The number of nitrogens with one attached hydrogen (secondary N) is 1. The first-order valence-electron chi connectivity index (χ1n) is 6.40. The molecule has 2 rings (SSSR count). The van der Waals surface area contributed by atoms with E-state index < -0.39 is 0 Å². The molecule has 0 bridgehead atoms. The predicted molar refractivity (Wildman–Crippen MR) is 80.9 cm³/mol. The third kappa shape index (κ3) is 3.75. The fourth-order valence-corrected chi connectivity index (χ4v) is 1.77. The van der Waals surface area contributed by atoms with Gasteiger partial charge in [0.25, 0.3) is 5.91 Å². The first kappa shape index (κ1) is 13.9. The number of anilines is 2. The van der Waals surface area contributed by atoms with Gasteiger partial charge in [-0.25, -0.2) is 0 Å². The standard InChI is InChI=1S/C16H18N2O2/c1-11-3-4-12(2)15(9-11)20-10-16(19)18-14-7-5-13(17)6-8-14/h3-9H,10,17H2,1-2H3,(H,18,19). The predicted octanol–water partition coefficient (Wildman–Crippen LogP) is 2.90. The van der Waals surface area contributed by atoms with Crippen LogP contribution in [0.15, 0.2) is 42.5 Å². The zero-order chi connectivity index (χ0) is 14.5. The minimum absolute atomic E-state index is 0.0192. The lowest BCUT2D eigenvalue weighted by atomic mass is 10.1. The Labute approximate surface area is 118 Å². The van der Waals surface area contributed by atoms with Gasteiger partial charge in [-0.1, -0.05) is 12.1 Å². The zero-order valence-electron chi connectivity index (χ0n) is 11.6. The summed E-state index contributed by atoms with van der Waals surface area (Å²) in [7, 11) is 0. The Balaban J connectivity index is 1.92. The van der Waals surface area contributed by atoms with E-state index in [9.17, 15) is 4.79 Å². The summed E-state index contributed by atoms with van der Waals surface area (Å²) in [6.07, 6.45) is 0. The summed E-state index contributed by atoms with van der Waals surface area (Å²) in [6, 6.07) is 12.9. The molecule has 0 aliphatic heterocycles. The topological polar surface area (TPSA) is 64.3 Å². The molecule has 0 heterocycles. The van der Waals surface area contributed by atoms with Crippen molar-refractivity contribution in [3.05, 3.63) is 53.6 Å². The van der Waals surface area contributed by atoms with Crippen molar-refractivity contribution in [3.63, 3.8) is 0 Å². The molecular formula is C16H18N2O2. The maximum atomic E-state index is 11.8. The van der Waals surface area contributed by atoms with E-state index in [1.165, 1.54) is 0 Å². The van der Waals surface area contributed by atoms with Crippen LogP contribution in [0.1, 0.15) is 11.1 Å². The fourth-order valence-electron chi connectivity index (χ4n) is 1.77. The van der Waals surface area contributed by atoms with Gasteiger partial charge in [0.15, 0.2) is 6.61 Å². The molecule has 2 aromatic rings. The molecule has 0 spiro atoms. The summed E-state index contributed by atoms with van der Waals surface area (Å²) in [5, 5.41) is 2.75. The Morgan fingerprint density at radius 2 is 1.85 bits per heavy atom. The Bertz CT molecular complexity index is 606. The smallest absolute Gasteiger partial charge is 0.262 e. The Kier molecular flexibility index (Phi) is 4.25. The third-order valence-electron chi connectivity index (χ3n) is 2.90. The van der Waals surface area contributed by atoms with Crippen molar-refractivity contribution in [2.75, 3.05) is 17.7 Å². The molecule has 0 atom stereocenters. The second-order valence-electron chi connectivity index (χ2n) is 4.73. The van der Waals surface area contributed by atoms with Crippen LogP contribution in [0.5, 0.6) is 5.75 Å². The van der Waals surface area contributed by atoms with Gasteiger partial charge in [0.1, 0.15) is 5.75 Å². The molecule has 0 saturated carbocycles. The number of carbonyl (C=O) groups is 1. The molecule has 0 aliphatic carbocycles. The highest BCUT2D eigenvalue weighted by Gasteiger charge is 2.05. The van der Waals surface area contributed by atoms with Crippen molar-refractivity contribution in [3.8, 4) is 5.75 Å². The van der Waals surface area contributed by atoms with Crippen molar-refractivity contribution in [1.82, 2.24) is 0 Å². The highest BCUT2D eigenvalue weighted by molar-refractivity contribution is 5.92. The SMILES string of the molecule is Cc1ccc(C)c(OCC(=O)Nc2ccc(N)cc2)c1. The number of carbonyl (C=O) groups excluding carboxylic acids is 1. The number of aryl methyl sites for hydroxylation is 2. The van der Waals surface area contributed by atoms with Gasteiger partial charge in [0.2, 0.25) is 0 Å². The van der Waals surface area contributed by atoms with Crippen LogP contribution >= 0.6 is 0 Å². The van der Waals surface area contributed by atoms with Gasteiger partial charge in [0, 0.05) is 11.4 Å². The second kappa shape index (κ2) is 6.10. The minimum Gasteiger partial charge on any atom is -0.483 e. The second-order valence-corrected chi connectivity index (χ2v) is 4.73. The normalized spacial score (nSPS) is 10.1. The molecule has 20 heavy (non-hydrogen) atoms. The van der Waals surface area contributed by atoms with Crippen molar-refractivity contribution < 1.29 is 9.53 Å². The van der Waals surface area contributed by atoms with Crippen molar-refractivity contribution in [2.24, 2.45) is 0 Å². The van der Waals surface area contributed by atoms with Crippen LogP contribution in [0.2, 0.25) is 0 Å². The molecule has 0 aliphatic rings. The van der Waals surface area contributed by atoms with E-state index in [1.807, 2.05) is 32.0 Å². The number of hydrogen-bond donors (Lipinski definition) is 2. The third-order valence-corrected chi connectivity index (χ3v) is 2.90. The molecule has 0 radical (unpaired) electrons. The molecular weight excluding hydrogens is 252 g/mol. The molecule has 0 fully saturated rings. The summed E-state index contributed by atoms with van der Waals surface area (Å²) in [5.74, 6) is 0.535. The summed E-state index contributed by atoms with van der Waals surface area (Å²) in [6.45, 7) is 3.92. The maximum Gasteiger partial charge on any atom is 0.262 e. The van der Waals surface area contributed by atoms with E-state index in [0.717, 1.165) is 16.9 Å². The lowest BCUT2D eigenvalue weighted by Crippen LogP contribution is -2.20. The molecule has 104 valence electrons. The summed E-state index contributed by atoms with van der Waals surface area (Å²) >= 11 is 0. The van der Waals surface area contributed by atoms with Crippen LogP contribution in [0.3, 0.4) is 0 Å². The number of rotatable bonds is 4. The highest BCUT2D eigenvalue weighted by Crippen LogP contribution is 2.19. The van der Waals surface area contributed by atoms with Gasteiger partial charge in [-0.2, -0.15) is 0 Å². The van der Waals surface area contributed by atoms with E-state index in [2.05, 4.69) is 5.32 Å². The molecule has 0 unspecified atom stereocenters. The zero-order valence-corrected chi connectivity index (χ0v) is 11.6. The minimum atomic E-state index is -0.198. The van der Waals surface area contributed by atoms with Crippen LogP contribution in [0.4, 0.5) is 11.4 Å². The quantitative estimate of drug-likeness (QED) is 0.840. The van der Waals surface area contributed by atoms with Gasteiger partial charge >= 0.3 is 0 Å².